The first kappa shape index (κ1) is 24.5. The normalized spacial score (nSPS) is 13.6. The van der Waals surface area contributed by atoms with Crippen LogP contribution in [0.25, 0.3) is 0 Å². The molecule has 0 radical (unpaired) electrons. The summed E-state index contributed by atoms with van der Waals surface area (Å²) >= 11 is 5.99. The molecular weight excluding hydrogens is 467 g/mol. The quantitative estimate of drug-likeness (QED) is 0.357. The molecule has 0 saturated heterocycles. The number of hydrogen-bond acceptors (Lipinski definition) is 7. The van der Waals surface area contributed by atoms with Crippen LogP contribution in [-0.2, 0) is 30.5 Å². The third-order valence-corrected chi connectivity index (χ3v) is 5.04. The number of alkyl halides is 3. The van der Waals surface area contributed by atoms with Crippen LogP contribution in [0.5, 0.6) is 0 Å². The molecule has 0 fully saturated rings. The number of halogens is 4. The number of nitro groups is 1. The Bertz CT molecular complexity index is 1120. The lowest BCUT2D eigenvalue weighted by Gasteiger charge is -2.24. The molecule has 0 unspecified atom stereocenters. The Hall–Kier alpha value is -3.15. The van der Waals surface area contributed by atoms with Crippen molar-refractivity contribution in [2.24, 2.45) is 0 Å². The molecule has 0 bridgehead atoms. The van der Waals surface area contributed by atoms with Crippen LogP contribution in [0.4, 0.5) is 29.5 Å². The highest BCUT2D eigenvalue weighted by Crippen LogP contribution is 2.36. The van der Waals surface area contributed by atoms with Gasteiger partial charge in [-0.05, 0) is 50.4 Å². The summed E-state index contributed by atoms with van der Waals surface area (Å²) < 4.78 is 45.5. The fourth-order valence-electron chi connectivity index (χ4n) is 3.35. The molecule has 0 saturated carbocycles. The van der Waals surface area contributed by atoms with Crippen molar-refractivity contribution in [3.8, 4) is 0 Å². The lowest BCUT2D eigenvalue weighted by molar-refractivity contribution is -0.385. The summed E-state index contributed by atoms with van der Waals surface area (Å²) in [6.07, 6.45) is -5.31. The van der Waals surface area contributed by atoms with Gasteiger partial charge in [0, 0.05) is 24.2 Å². The van der Waals surface area contributed by atoms with Crippen LogP contribution < -0.4 is 5.32 Å². The van der Waals surface area contributed by atoms with Crippen molar-refractivity contribution in [2.45, 2.75) is 59.1 Å². The fourth-order valence-corrected chi connectivity index (χ4v) is 3.53. The third-order valence-electron chi connectivity index (χ3n) is 4.87. The number of nitrogens with zero attached hydrogens (tertiary/aromatic N) is 4. The highest BCUT2D eigenvalue weighted by atomic mass is 35.5. The molecule has 1 amide bonds. The predicted octanol–water partition coefficient (Wildman–Crippen LogP) is 5.23. The van der Waals surface area contributed by atoms with Crippen LogP contribution in [0.15, 0.2) is 12.1 Å². The van der Waals surface area contributed by atoms with Gasteiger partial charge in [0.15, 0.2) is 0 Å². The number of nitro benzene ring substituents is 1. The first-order valence-corrected chi connectivity index (χ1v) is 10.2. The monoisotopic (exact) mass is 487 g/mol. The van der Waals surface area contributed by atoms with Crippen LogP contribution in [0.2, 0.25) is 5.28 Å². The summed E-state index contributed by atoms with van der Waals surface area (Å²) in [5, 5.41) is 13.9. The molecule has 0 atom stereocenters. The summed E-state index contributed by atoms with van der Waals surface area (Å²) in [4.78, 5) is 32.3. The fraction of sp³-hybridized carbons (Fsp3) is 0.450. The maximum Gasteiger partial charge on any atom is 0.416 e. The van der Waals surface area contributed by atoms with Gasteiger partial charge in [-0.25, -0.2) is 14.8 Å². The number of aromatic nitrogens is 2. The molecule has 1 aliphatic heterocycles. The number of anilines is 1. The Morgan fingerprint density at radius 2 is 1.94 bits per heavy atom. The second-order valence-corrected chi connectivity index (χ2v) is 8.83. The Kier molecular flexibility index (Phi) is 6.42. The van der Waals surface area contributed by atoms with Gasteiger partial charge in [-0.15, -0.1) is 0 Å². The molecule has 33 heavy (non-hydrogen) atoms. The third kappa shape index (κ3) is 5.62. The minimum absolute atomic E-state index is 0.0713. The van der Waals surface area contributed by atoms with E-state index < -0.39 is 34.0 Å². The maximum absolute atomic E-state index is 13.4. The van der Waals surface area contributed by atoms with E-state index in [9.17, 15) is 28.1 Å². The van der Waals surface area contributed by atoms with Gasteiger partial charge in [0.2, 0.25) is 5.28 Å². The second kappa shape index (κ2) is 8.65. The summed E-state index contributed by atoms with van der Waals surface area (Å²) in [7, 11) is 0. The van der Waals surface area contributed by atoms with Crippen molar-refractivity contribution in [1.82, 2.24) is 14.9 Å². The maximum atomic E-state index is 13.4. The van der Waals surface area contributed by atoms with Crippen LogP contribution in [0, 0.1) is 17.0 Å². The van der Waals surface area contributed by atoms with E-state index in [4.69, 9.17) is 16.3 Å². The smallest absolute Gasteiger partial charge is 0.416 e. The number of rotatable bonds is 4. The van der Waals surface area contributed by atoms with Gasteiger partial charge in [-0.3, -0.25) is 15.0 Å². The number of ether oxygens (including phenoxy) is 1. The van der Waals surface area contributed by atoms with Crippen molar-refractivity contribution in [3.63, 3.8) is 0 Å². The van der Waals surface area contributed by atoms with Crippen molar-refractivity contribution in [3.05, 3.63) is 55.5 Å². The van der Waals surface area contributed by atoms with Crippen molar-refractivity contribution < 1.29 is 27.6 Å². The van der Waals surface area contributed by atoms with E-state index in [1.807, 2.05) is 0 Å². The summed E-state index contributed by atoms with van der Waals surface area (Å²) in [5.41, 5.74) is -1.54. The number of carbonyl (C=O) groups is 1. The first-order valence-electron chi connectivity index (χ1n) is 9.78. The number of fused-ring (bicyclic) bond motifs is 1. The predicted molar refractivity (Wildman–Crippen MR) is 113 cm³/mol. The summed E-state index contributed by atoms with van der Waals surface area (Å²) in [6, 6.07) is 1.59. The van der Waals surface area contributed by atoms with E-state index in [1.165, 1.54) is 11.8 Å². The molecule has 1 aromatic carbocycles. The lowest BCUT2D eigenvalue weighted by Crippen LogP contribution is -2.33. The van der Waals surface area contributed by atoms with Crippen LogP contribution in [-0.4, -0.2) is 31.5 Å². The number of carbonyl (C=O) groups excluding carboxylic acids is 1. The van der Waals surface area contributed by atoms with E-state index in [2.05, 4.69) is 15.3 Å². The van der Waals surface area contributed by atoms with E-state index in [-0.39, 0.29) is 41.9 Å². The zero-order valence-electron chi connectivity index (χ0n) is 18.2. The molecular formula is C20H21ClF3N5O4. The molecule has 0 spiro atoms. The van der Waals surface area contributed by atoms with Crippen LogP contribution in [0.3, 0.4) is 0 Å². The number of amides is 1. The minimum atomic E-state index is -4.75. The molecule has 13 heteroatoms. The van der Waals surface area contributed by atoms with Crippen LogP contribution >= 0.6 is 11.6 Å². The Morgan fingerprint density at radius 3 is 2.52 bits per heavy atom. The Balaban J connectivity index is 1.88. The van der Waals surface area contributed by atoms with Gasteiger partial charge in [0.1, 0.15) is 11.4 Å². The van der Waals surface area contributed by atoms with Gasteiger partial charge in [0.05, 0.1) is 29.3 Å². The molecule has 0 aliphatic carbocycles. The number of non-ortho nitro benzene ring substituents is 1. The van der Waals surface area contributed by atoms with Crippen molar-refractivity contribution in [1.29, 1.82) is 0 Å². The summed E-state index contributed by atoms with van der Waals surface area (Å²) in [5.74, 6) is 0.218. The van der Waals surface area contributed by atoms with E-state index >= 15 is 0 Å². The zero-order valence-corrected chi connectivity index (χ0v) is 19.0. The largest absolute Gasteiger partial charge is 0.444 e. The van der Waals surface area contributed by atoms with Gasteiger partial charge >= 0.3 is 12.3 Å². The Labute approximate surface area is 192 Å². The molecule has 1 N–H and O–H groups in total. The first-order chi connectivity index (χ1) is 15.2. The molecule has 2 aromatic rings. The second-order valence-electron chi connectivity index (χ2n) is 8.49. The molecule has 1 aromatic heterocycles. The van der Waals surface area contributed by atoms with Gasteiger partial charge < -0.3 is 10.1 Å². The molecule has 1 aliphatic rings. The molecule has 178 valence electrons. The molecule has 3 rings (SSSR count). The van der Waals surface area contributed by atoms with Gasteiger partial charge in [-0.1, -0.05) is 0 Å². The van der Waals surface area contributed by atoms with Crippen molar-refractivity contribution >= 4 is 29.2 Å². The van der Waals surface area contributed by atoms with Crippen molar-refractivity contribution in [2.75, 3.05) is 5.32 Å². The topological polar surface area (TPSA) is 110 Å². The average Bonchev–Trinajstić information content (AvgIpc) is 3.08. The van der Waals surface area contributed by atoms with Gasteiger partial charge in [-0.2, -0.15) is 13.2 Å². The highest BCUT2D eigenvalue weighted by molar-refractivity contribution is 6.28. The number of nitrogens with one attached hydrogen (secondary N) is 1. The minimum Gasteiger partial charge on any atom is -0.444 e. The highest BCUT2D eigenvalue weighted by Gasteiger charge is 2.35. The zero-order chi connectivity index (χ0) is 24.7. The molecule has 2 heterocycles. The van der Waals surface area contributed by atoms with Crippen LogP contribution in [0.1, 0.15) is 48.7 Å². The average molecular weight is 488 g/mol. The summed E-state index contributed by atoms with van der Waals surface area (Å²) in [6.45, 7) is 6.46. The SMILES string of the molecule is Cc1c(CNc2nc(Cl)nc3c2CN(C(=O)OC(C)(C)C)C3)cc([N+](=O)[O-])cc1C(F)(F)F. The number of benzene rings is 1. The van der Waals surface area contributed by atoms with E-state index in [0.717, 1.165) is 6.07 Å². The standard InChI is InChI=1S/C20H21ClF3N5O4/c1-10-11(5-12(29(31)32)6-14(10)20(22,23)24)7-25-16-13-8-28(18(30)33-19(2,3)4)9-15(13)26-17(21)27-16/h5-6H,7-9H2,1-4H3,(H,25,26,27). The van der Waals surface area contributed by atoms with E-state index in [1.54, 1.807) is 20.8 Å². The lowest BCUT2D eigenvalue weighted by atomic mass is 10.0. The van der Waals surface area contributed by atoms with E-state index in [0.29, 0.717) is 17.3 Å². The molecule has 9 nitrogen and oxygen atoms in total. The Morgan fingerprint density at radius 1 is 1.27 bits per heavy atom. The number of hydrogen-bond donors (Lipinski definition) is 1. The van der Waals surface area contributed by atoms with Gasteiger partial charge in [0.25, 0.3) is 5.69 Å².